The van der Waals surface area contributed by atoms with E-state index in [4.69, 9.17) is 14.6 Å². The number of aliphatic hydroxyl groups is 1. The molecule has 3 aromatic rings. The maximum absolute atomic E-state index is 12.5. The second-order valence-corrected chi connectivity index (χ2v) is 5.93. The van der Waals surface area contributed by atoms with Gasteiger partial charge in [-0.3, -0.25) is 4.79 Å². The zero-order chi connectivity index (χ0) is 19.1. The number of aromatic nitrogens is 3. The zero-order valence-corrected chi connectivity index (χ0v) is 15.0. The Morgan fingerprint density at radius 1 is 1.04 bits per heavy atom. The van der Waals surface area contributed by atoms with E-state index >= 15 is 0 Å². The number of benzene rings is 1. The molecular weight excluding hydrogens is 346 g/mol. The molecule has 27 heavy (non-hydrogen) atoms. The number of rotatable bonds is 8. The fourth-order valence-electron chi connectivity index (χ4n) is 2.57. The number of aliphatic hydroxyl groups excluding tert-OH is 1. The average molecular weight is 367 g/mol. The molecule has 1 aromatic carbocycles. The quantitative estimate of drug-likeness (QED) is 0.655. The van der Waals surface area contributed by atoms with Crippen LogP contribution in [0.5, 0.6) is 11.5 Å². The highest BCUT2D eigenvalue weighted by molar-refractivity contribution is 5.29. The first-order valence-corrected chi connectivity index (χ1v) is 8.58. The van der Waals surface area contributed by atoms with Crippen LogP contribution in [0, 0.1) is 6.92 Å². The summed E-state index contributed by atoms with van der Waals surface area (Å²) in [5.41, 5.74) is 1.63. The van der Waals surface area contributed by atoms with E-state index in [0.29, 0.717) is 23.9 Å². The van der Waals surface area contributed by atoms with Crippen LogP contribution in [0.2, 0.25) is 0 Å². The Morgan fingerprint density at radius 2 is 1.78 bits per heavy atom. The molecule has 0 atom stereocenters. The van der Waals surface area contributed by atoms with Gasteiger partial charge in [-0.2, -0.15) is 0 Å². The van der Waals surface area contributed by atoms with Gasteiger partial charge in [0, 0.05) is 24.2 Å². The number of aryl methyl sites for hydroxylation is 1. The van der Waals surface area contributed by atoms with Crippen molar-refractivity contribution in [2.45, 2.75) is 20.1 Å². The summed E-state index contributed by atoms with van der Waals surface area (Å²) in [7, 11) is 0. The molecule has 7 heteroatoms. The summed E-state index contributed by atoms with van der Waals surface area (Å²) in [6, 6.07) is 12.5. The fraction of sp³-hybridized carbons (Fsp3) is 0.250. The highest BCUT2D eigenvalue weighted by Crippen LogP contribution is 2.15. The second kappa shape index (κ2) is 8.95. The maximum atomic E-state index is 12.5. The van der Waals surface area contributed by atoms with Crippen molar-refractivity contribution in [3.63, 3.8) is 0 Å². The Balaban J connectivity index is 1.68. The van der Waals surface area contributed by atoms with E-state index in [9.17, 15) is 4.79 Å². The molecule has 1 N–H and O–H groups in total. The first-order valence-electron chi connectivity index (χ1n) is 8.58. The normalized spacial score (nSPS) is 10.6. The van der Waals surface area contributed by atoms with Crippen LogP contribution in [0.4, 0.5) is 0 Å². The van der Waals surface area contributed by atoms with E-state index in [0.717, 1.165) is 11.3 Å². The number of hydrogen-bond acceptors (Lipinski definition) is 6. The van der Waals surface area contributed by atoms with Gasteiger partial charge in [0.25, 0.3) is 5.56 Å². The number of ether oxygens (including phenoxy) is 2. The largest absolute Gasteiger partial charge is 0.491 e. The minimum Gasteiger partial charge on any atom is -0.491 e. The maximum Gasteiger partial charge on any atom is 0.254 e. The third-order valence-corrected chi connectivity index (χ3v) is 3.92. The van der Waals surface area contributed by atoms with Gasteiger partial charge in [-0.15, -0.1) is 0 Å². The molecule has 0 bridgehead atoms. The van der Waals surface area contributed by atoms with Crippen molar-refractivity contribution in [1.82, 2.24) is 14.5 Å². The Kier molecular flexibility index (Phi) is 6.17. The molecule has 0 amide bonds. The lowest BCUT2D eigenvalue weighted by molar-refractivity contribution is 0.201. The molecule has 3 rings (SSSR count). The third-order valence-electron chi connectivity index (χ3n) is 3.92. The van der Waals surface area contributed by atoms with Gasteiger partial charge in [-0.25, -0.2) is 9.97 Å². The Labute approximate surface area is 156 Å². The van der Waals surface area contributed by atoms with Crippen LogP contribution >= 0.6 is 0 Å². The Morgan fingerprint density at radius 3 is 2.44 bits per heavy atom. The summed E-state index contributed by atoms with van der Waals surface area (Å²) in [5, 5.41) is 8.78. The smallest absolute Gasteiger partial charge is 0.254 e. The van der Waals surface area contributed by atoms with Crippen LogP contribution < -0.4 is 15.0 Å². The Hall–Kier alpha value is -3.19. The highest BCUT2D eigenvalue weighted by Gasteiger charge is 2.07. The molecule has 0 unspecified atom stereocenters. The monoisotopic (exact) mass is 367 g/mol. The van der Waals surface area contributed by atoms with Gasteiger partial charge in [0.1, 0.15) is 24.7 Å². The van der Waals surface area contributed by atoms with Crippen molar-refractivity contribution in [2.75, 3.05) is 13.2 Å². The fourth-order valence-corrected chi connectivity index (χ4v) is 2.57. The SMILES string of the molecule is Cc1cc(OCc2ncccn2)cc(=O)n1Cc1ccc(OCCO)cc1. The molecular formula is C20H21N3O4. The molecule has 2 heterocycles. The van der Waals surface area contributed by atoms with Crippen molar-refractivity contribution >= 4 is 0 Å². The zero-order valence-electron chi connectivity index (χ0n) is 15.0. The van der Waals surface area contributed by atoms with Gasteiger partial charge in [-0.1, -0.05) is 12.1 Å². The van der Waals surface area contributed by atoms with Crippen molar-refractivity contribution in [3.8, 4) is 11.5 Å². The predicted molar refractivity (Wildman–Crippen MR) is 99.9 cm³/mol. The molecule has 7 nitrogen and oxygen atoms in total. The molecule has 0 fully saturated rings. The van der Waals surface area contributed by atoms with E-state index in [1.165, 1.54) is 6.07 Å². The summed E-state index contributed by atoms with van der Waals surface area (Å²) in [4.78, 5) is 20.7. The van der Waals surface area contributed by atoms with E-state index in [-0.39, 0.29) is 25.4 Å². The molecule has 0 aliphatic heterocycles. The Bertz CT molecular complexity index is 924. The lowest BCUT2D eigenvalue weighted by Gasteiger charge is -2.13. The molecule has 2 aromatic heterocycles. The first-order chi connectivity index (χ1) is 13.2. The van der Waals surface area contributed by atoms with E-state index in [2.05, 4.69) is 9.97 Å². The summed E-state index contributed by atoms with van der Waals surface area (Å²) >= 11 is 0. The van der Waals surface area contributed by atoms with Gasteiger partial charge in [0.15, 0.2) is 5.82 Å². The van der Waals surface area contributed by atoms with Gasteiger partial charge < -0.3 is 19.1 Å². The summed E-state index contributed by atoms with van der Waals surface area (Å²) in [6.07, 6.45) is 3.30. The molecule has 0 aliphatic carbocycles. The topological polar surface area (TPSA) is 86.5 Å². The van der Waals surface area contributed by atoms with Crippen molar-refractivity contribution in [3.05, 3.63) is 82.3 Å². The summed E-state index contributed by atoms with van der Waals surface area (Å²) in [6.45, 7) is 2.76. The van der Waals surface area contributed by atoms with E-state index < -0.39 is 0 Å². The molecule has 0 saturated heterocycles. The third kappa shape index (κ3) is 5.15. The first kappa shape index (κ1) is 18.6. The lowest BCUT2D eigenvalue weighted by Crippen LogP contribution is -2.22. The van der Waals surface area contributed by atoms with Gasteiger partial charge in [-0.05, 0) is 36.8 Å². The molecule has 0 aliphatic rings. The van der Waals surface area contributed by atoms with E-state index in [1.807, 2.05) is 37.3 Å². The van der Waals surface area contributed by atoms with Gasteiger partial charge in [0.05, 0.1) is 13.2 Å². The van der Waals surface area contributed by atoms with E-state index in [1.54, 1.807) is 23.0 Å². The average Bonchev–Trinajstić information content (AvgIpc) is 2.69. The van der Waals surface area contributed by atoms with Crippen molar-refractivity contribution in [1.29, 1.82) is 0 Å². The highest BCUT2D eigenvalue weighted by atomic mass is 16.5. The second-order valence-electron chi connectivity index (χ2n) is 5.93. The van der Waals surface area contributed by atoms with Crippen LogP contribution in [0.25, 0.3) is 0 Å². The van der Waals surface area contributed by atoms with Crippen LogP contribution in [-0.2, 0) is 13.2 Å². The van der Waals surface area contributed by atoms with Gasteiger partial charge in [0.2, 0.25) is 0 Å². The molecule has 0 saturated carbocycles. The van der Waals surface area contributed by atoms with Crippen LogP contribution in [-0.4, -0.2) is 32.9 Å². The standard InChI is InChI=1S/C20H21N3O4/c1-15-11-18(27-14-19-21-7-2-8-22-19)12-20(25)23(15)13-16-3-5-17(6-4-16)26-10-9-24/h2-8,11-12,24H,9-10,13-14H2,1H3. The van der Waals surface area contributed by atoms with Crippen molar-refractivity contribution in [2.24, 2.45) is 0 Å². The van der Waals surface area contributed by atoms with Crippen LogP contribution in [0.15, 0.2) is 59.7 Å². The van der Waals surface area contributed by atoms with Crippen LogP contribution in [0.1, 0.15) is 17.1 Å². The molecule has 0 spiro atoms. The number of hydrogen-bond donors (Lipinski definition) is 1. The number of pyridine rings is 1. The lowest BCUT2D eigenvalue weighted by atomic mass is 10.2. The van der Waals surface area contributed by atoms with Gasteiger partial charge >= 0.3 is 0 Å². The predicted octanol–water partition coefficient (Wildman–Crippen LogP) is 1.95. The summed E-state index contributed by atoms with van der Waals surface area (Å²) < 4.78 is 12.7. The van der Waals surface area contributed by atoms with Crippen LogP contribution in [0.3, 0.4) is 0 Å². The molecule has 0 radical (unpaired) electrons. The molecule has 140 valence electrons. The minimum absolute atomic E-state index is 0.0266. The summed E-state index contributed by atoms with van der Waals surface area (Å²) in [5.74, 6) is 1.74. The number of nitrogens with zero attached hydrogens (tertiary/aromatic N) is 3. The minimum atomic E-state index is -0.139. The van der Waals surface area contributed by atoms with Crippen molar-refractivity contribution < 1.29 is 14.6 Å².